The standard InChI is InChI=1S/C16H23ClN2O/c1-15(2)7-12(8-16(3,4)10-15)19-14(20)11-5-6-13(17)18-9-11/h5-6,9,12H,7-8,10H2,1-4H3,(H,19,20). The first kappa shape index (κ1) is 15.3. The molecule has 1 aromatic heterocycles. The van der Waals surface area contributed by atoms with Crippen LogP contribution in [-0.2, 0) is 0 Å². The molecular formula is C16H23ClN2O. The van der Waals surface area contributed by atoms with Gasteiger partial charge in [-0.1, -0.05) is 39.3 Å². The summed E-state index contributed by atoms with van der Waals surface area (Å²) in [5, 5.41) is 3.55. The Morgan fingerprint density at radius 3 is 2.35 bits per heavy atom. The summed E-state index contributed by atoms with van der Waals surface area (Å²) in [6, 6.07) is 3.58. The van der Waals surface area contributed by atoms with E-state index in [0.29, 0.717) is 10.7 Å². The molecule has 0 radical (unpaired) electrons. The number of aromatic nitrogens is 1. The minimum atomic E-state index is -0.0623. The maximum absolute atomic E-state index is 12.3. The third kappa shape index (κ3) is 3.95. The fourth-order valence-corrected chi connectivity index (χ4v) is 3.84. The van der Waals surface area contributed by atoms with Crippen LogP contribution in [0.1, 0.15) is 57.3 Å². The Morgan fingerprint density at radius 1 is 1.25 bits per heavy atom. The van der Waals surface area contributed by atoms with Crippen LogP contribution in [-0.4, -0.2) is 16.9 Å². The Labute approximate surface area is 126 Å². The average Bonchev–Trinajstić information content (AvgIpc) is 2.25. The number of hydrogen-bond acceptors (Lipinski definition) is 2. The molecule has 1 N–H and O–H groups in total. The molecule has 0 unspecified atom stereocenters. The molecule has 1 aliphatic carbocycles. The third-order valence-electron chi connectivity index (χ3n) is 3.88. The third-order valence-corrected chi connectivity index (χ3v) is 4.10. The van der Waals surface area contributed by atoms with Crippen molar-refractivity contribution in [2.24, 2.45) is 10.8 Å². The zero-order valence-electron chi connectivity index (χ0n) is 12.7. The highest BCUT2D eigenvalue weighted by Crippen LogP contribution is 2.45. The summed E-state index contributed by atoms with van der Waals surface area (Å²) in [5.41, 5.74) is 1.09. The Hall–Kier alpha value is -1.09. The molecule has 1 aliphatic rings. The summed E-state index contributed by atoms with van der Waals surface area (Å²) in [4.78, 5) is 16.2. The second-order valence-electron chi connectivity index (χ2n) is 7.45. The number of nitrogens with one attached hydrogen (secondary N) is 1. The van der Waals surface area contributed by atoms with Crippen LogP contribution in [0.15, 0.2) is 18.3 Å². The summed E-state index contributed by atoms with van der Waals surface area (Å²) in [7, 11) is 0. The number of hydrogen-bond donors (Lipinski definition) is 1. The Bertz CT molecular complexity index is 478. The molecule has 20 heavy (non-hydrogen) atoms. The topological polar surface area (TPSA) is 42.0 Å². The van der Waals surface area contributed by atoms with Crippen LogP contribution in [0.5, 0.6) is 0 Å². The molecule has 0 saturated heterocycles. The van der Waals surface area contributed by atoms with Gasteiger partial charge in [-0.2, -0.15) is 0 Å². The number of amides is 1. The van der Waals surface area contributed by atoms with Crippen molar-refractivity contribution in [1.29, 1.82) is 0 Å². The fourth-order valence-electron chi connectivity index (χ4n) is 3.73. The molecule has 0 aliphatic heterocycles. The van der Waals surface area contributed by atoms with Gasteiger partial charge in [-0.3, -0.25) is 4.79 Å². The number of halogens is 1. The molecule has 0 aromatic carbocycles. The van der Waals surface area contributed by atoms with Crippen molar-refractivity contribution in [1.82, 2.24) is 10.3 Å². The van der Waals surface area contributed by atoms with E-state index in [0.717, 1.165) is 12.8 Å². The second-order valence-corrected chi connectivity index (χ2v) is 7.84. The summed E-state index contributed by atoms with van der Waals surface area (Å²) in [5.74, 6) is -0.0623. The van der Waals surface area contributed by atoms with E-state index in [9.17, 15) is 4.79 Å². The van der Waals surface area contributed by atoms with Crippen LogP contribution in [0, 0.1) is 10.8 Å². The monoisotopic (exact) mass is 294 g/mol. The fraction of sp³-hybridized carbons (Fsp3) is 0.625. The summed E-state index contributed by atoms with van der Waals surface area (Å²) in [6.07, 6.45) is 4.75. The lowest BCUT2D eigenvalue weighted by Crippen LogP contribution is -2.46. The molecule has 110 valence electrons. The number of nitrogens with zero attached hydrogens (tertiary/aromatic N) is 1. The summed E-state index contributed by atoms with van der Waals surface area (Å²) in [6.45, 7) is 9.10. The van der Waals surface area contributed by atoms with Gasteiger partial charge in [-0.15, -0.1) is 0 Å². The molecule has 1 saturated carbocycles. The van der Waals surface area contributed by atoms with Gasteiger partial charge in [0.15, 0.2) is 0 Å². The van der Waals surface area contributed by atoms with E-state index in [2.05, 4.69) is 38.0 Å². The lowest BCUT2D eigenvalue weighted by atomic mass is 9.63. The molecule has 1 aromatic rings. The van der Waals surface area contributed by atoms with Crippen LogP contribution in [0.3, 0.4) is 0 Å². The quantitative estimate of drug-likeness (QED) is 0.836. The maximum Gasteiger partial charge on any atom is 0.253 e. The predicted octanol–water partition coefficient (Wildman–Crippen LogP) is 4.07. The minimum Gasteiger partial charge on any atom is -0.349 e. The molecule has 1 amide bonds. The molecule has 1 fully saturated rings. The minimum absolute atomic E-state index is 0.0623. The number of pyridine rings is 1. The summed E-state index contributed by atoms with van der Waals surface area (Å²) < 4.78 is 0. The van der Waals surface area contributed by atoms with Gasteiger partial charge >= 0.3 is 0 Å². The van der Waals surface area contributed by atoms with Gasteiger partial charge in [0.25, 0.3) is 5.91 Å². The van der Waals surface area contributed by atoms with Crippen LogP contribution in [0.25, 0.3) is 0 Å². The van der Waals surface area contributed by atoms with Gasteiger partial charge in [0.05, 0.1) is 5.56 Å². The molecule has 3 nitrogen and oxygen atoms in total. The number of carbonyl (C=O) groups excluding carboxylic acids is 1. The predicted molar refractivity (Wildman–Crippen MR) is 81.9 cm³/mol. The first-order valence-electron chi connectivity index (χ1n) is 7.09. The Kier molecular flexibility index (Phi) is 4.10. The van der Waals surface area contributed by atoms with Crippen molar-refractivity contribution < 1.29 is 4.79 Å². The van der Waals surface area contributed by atoms with Crippen molar-refractivity contribution in [2.75, 3.05) is 0 Å². The second kappa shape index (κ2) is 5.36. The Balaban J connectivity index is 2.05. The number of rotatable bonds is 2. The first-order valence-corrected chi connectivity index (χ1v) is 7.47. The van der Waals surface area contributed by atoms with E-state index in [1.165, 1.54) is 12.6 Å². The van der Waals surface area contributed by atoms with Crippen LogP contribution >= 0.6 is 11.6 Å². The van der Waals surface area contributed by atoms with Gasteiger partial charge in [0.2, 0.25) is 0 Å². The van der Waals surface area contributed by atoms with E-state index in [-0.39, 0.29) is 22.8 Å². The van der Waals surface area contributed by atoms with Crippen LogP contribution < -0.4 is 5.32 Å². The molecule has 4 heteroatoms. The zero-order chi connectivity index (χ0) is 15.0. The molecule has 0 bridgehead atoms. The normalized spacial score (nSPS) is 21.4. The molecular weight excluding hydrogens is 272 g/mol. The highest BCUT2D eigenvalue weighted by atomic mass is 35.5. The molecule has 1 heterocycles. The lowest BCUT2D eigenvalue weighted by molar-refractivity contribution is 0.0713. The SMILES string of the molecule is CC1(C)CC(NC(=O)c2ccc(Cl)nc2)CC(C)(C)C1. The maximum atomic E-state index is 12.3. The van der Waals surface area contributed by atoms with Gasteiger partial charge in [-0.05, 0) is 42.2 Å². The van der Waals surface area contributed by atoms with E-state index in [4.69, 9.17) is 11.6 Å². The molecule has 0 spiro atoms. The highest BCUT2D eigenvalue weighted by molar-refractivity contribution is 6.29. The summed E-state index contributed by atoms with van der Waals surface area (Å²) >= 11 is 5.74. The largest absolute Gasteiger partial charge is 0.349 e. The molecule has 0 atom stereocenters. The van der Waals surface area contributed by atoms with Gasteiger partial charge in [-0.25, -0.2) is 4.98 Å². The number of carbonyl (C=O) groups is 1. The van der Waals surface area contributed by atoms with E-state index in [1.807, 2.05) is 0 Å². The highest BCUT2D eigenvalue weighted by Gasteiger charge is 2.38. The average molecular weight is 295 g/mol. The van der Waals surface area contributed by atoms with Crippen molar-refractivity contribution in [3.05, 3.63) is 29.0 Å². The molecule has 2 rings (SSSR count). The smallest absolute Gasteiger partial charge is 0.253 e. The lowest BCUT2D eigenvalue weighted by Gasteiger charge is -2.45. The van der Waals surface area contributed by atoms with Crippen molar-refractivity contribution in [3.8, 4) is 0 Å². The first-order chi connectivity index (χ1) is 9.17. The van der Waals surface area contributed by atoms with Gasteiger partial charge in [0.1, 0.15) is 5.15 Å². The van der Waals surface area contributed by atoms with E-state index in [1.54, 1.807) is 12.1 Å². The van der Waals surface area contributed by atoms with E-state index < -0.39 is 0 Å². The van der Waals surface area contributed by atoms with E-state index >= 15 is 0 Å². The van der Waals surface area contributed by atoms with Crippen molar-refractivity contribution in [3.63, 3.8) is 0 Å². The van der Waals surface area contributed by atoms with Crippen LogP contribution in [0.4, 0.5) is 0 Å². The zero-order valence-corrected chi connectivity index (χ0v) is 13.4. The van der Waals surface area contributed by atoms with Crippen molar-refractivity contribution >= 4 is 17.5 Å². The van der Waals surface area contributed by atoms with Gasteiger partial charge < -0.3 is 5.32 Å². The van der Waals surface area contributed by atoms with Gasteiger partial charge in [0, 0.05) is 12.2 Å². The van der Waals surface area contributed by atoms with Crippen molar-refractivity contribution in [2.45, 2.75) is 53.0 Å². The van der Waals surface area contributed by atoms with Crippen LogP contribution in [0.2, 0.25) is 5.15 Å². The Morgan fingerprint density at radius 2 is 1.85 bits per heavy atom.